The lowest BCUT2D eigenvalue weighted by atomic mass is 9.79. The largest absolute Gasteiger partial charge is 0.384 e. The molecule has 3 rings (SSSR count). The molecule has 0 aliphatic carbocycles. The predicted octanol–water partition coefficient (Wildman–Crippen LogP) is 4.14. The second-order valence-electron chi connectivity index (χ2n) is 6.84. The molecule has 1 amide bonds. The lowest BCUT2D eigenvalue weighted by Crippen LogP contribution is -2.47. The van der Waals surface area contributed by atoms with E-state index in [-0.39, 0.29) is 23.7 Å². The average Bonchev–Trinajstić information content (AvgIpc) is 2.66. The molecule has 148 valence electrons. The Morgan fingerprint density at radius 3 is 2.67 bits per heavy atom. The molecule has 0 radical (unpaired) electrons. The monoisotopic (exact) mass is 428 g/mol. The van der Waals surface area contributed by atoms with Crippen LogP contribution in [0.1, 0.15) is 12.8 Å². The molecule has 27 heavy (non-hydrogen) atoms. The quantitative estimate of drug-likeness (QED) is 0.650. The van der Waals surface area contributed by atoms with Crippen molar-refractivity contribution in [3.63, 3.8) is 0 Å². The van der Waals surface area contributed by atoms with Gasteiger partial charge in [0.25, 0.3) is 0 Å². The number of rotatable bonds is 7. The SMILES string of the molecule is COCC1(CNC(=O)CSc2cccc3cccc(Cl)c23)CCNCC1.Cl. The number of carbonyl (C=O) groups is 1. The first-order chi connectivity index (χ1) is 12.6. The van der Waals surface area contributed by atoms with Crippen molar-refractivity contribution in [1.29, 1.82) is 0 Å². The van der Waals surface area contributed by atoms with Gasteiger partial charge in [-0.05, 0) is 43.5 Å². The highest BCUT2D eigenvalue weighted by Gasteiger charge is 2.32. The molecule has 0 unspecified atom stereocenters. The van der Waals surface area contributed by atoms with Crippen molar-refractivity contribution in [2.24, 2.45) is 5.41 Å². The summed E-state index contributed by atoms with van der Waals surface area (Å²) in [6, 6.07) is 11.9. The Bertz CT molecular complexity index is 756. The van der Waals surface area contributed by atoms with Crippen molar-refractivity contribution in [3.8, 4) is 0 Å². The Labute approximate surface area is 176 Å². The van der Waals surface area contributed by atoms with Crippen LogP contribution in [0.4, 0.5) is 0 Å². The first-order valence-corrected chi connectivity index (χ1v) is 10.3. The first-order valence-electron chi connectivity index (χ1n) is 8.90. The van der Waals surface area contributed by atoms with Crippen LogP contribution < -0.4 is 10.6 Å². The molecule has 1 saturated heterocycles. The van der Waals surface area contributed by atoms with Crippen LogP contribution >= 0.6 is 35.8 Å². The van der Waals surface area contributed by atoms with Gasteiger partial charge < -0.3 is 15.4 Å². The number of ether oxygens (including phenoxy) is 1. The molecule has 2 N–H and O–H groups in total. The summed E-state index contributed by atoms with van der Waals surface area (Å²) < 4.78 is 5.41. The van der Waals surface area contributed by atoms with Crippen LogP contribution in [-0.4, -0.2) is 45.0 Å². The van der Waals surface area contributed by atoms with Gasteiger partial charge in [-0.1, -0.05) is 35.9 Å². The summed E-state index contributed by atoms with van der Waals surface area (Å²) in [4.78, 5) is 13.4. The van der Waals surface area contributed by atoms with Crippen LogP contribution in [0.15, 0.2) is 41.3 Å². The number of piperidine rings is 1. The maximum Gasteiger partial charge on any atom is 0.230 e. The molecule has 1 fully saturated rings. The summed E-state index contributed by atoms with van der Waals surface area (Å²) in [6.07, 6.45) is 2.04. The Hall–Kier alpha value is -0.980. The topological polar surface area (TPSA) is 50.4 Å². The van der Waals surface area contributed by atoms with Gasteiger partial charge in [0.1, 0.15) is 0 Å². The van der Waals surface area contributed by atoms with Crippen molar-refractivity contribution in [1.82, 2.24) is 10.6 Å². The average molecular weight is 429 g/mol. The van der Waals surface area contributed by atoms with E-state index in [9.17, 15) is 4.79 Å². The summed E-state index contributed by atoms with van der Waals surface area (Å²) in [5.74, 6) is 0.430. The van der Waals surface area contributed by atoms with E-state index < -0.39 is 0 Å². The maximum absolute atomic E-state index is 12.4. The number of halogens is 2. The van der Waals surface area contributed by atoms with Gasteiger partial charge in [-0.25, -0.2) is 0 Å². The van der Waals surface area contributed by atoms with Crippen molar-refractivity contribution in [2.45, 2.75) is 17.7 Å². The molecule has 4 nitrogen and oxygen atoms in total. The summed E-state index contributed by atoms with van der Waals surface area (Å²) in [6.45, 7) is 3.30. The number of hydrogen-bond donors (Lipinski definition) is 2. The number of nitrogens with one attached hydrogen (secondary N) is 2. The van der Waals surface area contributed by atoms with Gasteiger partial charge in [-0.15, -0.1) is 24.2 Å². The van der Waals surface area contributed by atoms with Gasteiger partial charge in [0.05, 0.1) is 12.4 Å². The number of thioether (sulfide) groups is 1. The van der Waals surface area contributed by atoms with Crippen LogP contribution in [0.3, 0.4) is 0 Å². The third-order valence-corrected chi connectivity index (χ3v) is 6.32. The number of benzene rings is 2. The summed E-state index contributed by atoms with van der Waals surface area (Å²) in [5.41, 5.74) is 0.0447. The van der Waals surface area contributed by atoms with Crippen molar-refractivity contribution < 1.29 is 9.53 Å². The molecule has 7 heteroatoms. The van der Waals surface area contributed by atoms with E-state index in [2.05, 4.69) is 10.6 Å². The molecule has 0 bridgehead atoms. The fourth-order valence-electron chi connectivity index (χ4n) is 3.50. The van der Waals surface area contributed by atoms with Crippen LogP contribution in [0, 0.1) is 5.41 Å². The molecule has 1 aliphatic rings. The molecule has 0 atom stereocenters. The van der Waals surface area contributed by atoms with Gasteiger partial charge in [0.15, 0.2) is 0 Å². The fraction of sp³-hybridized carbons (Fsp3) is 0.450. The van der Waals surface area contributed by atoms with E-state index >= 15 is 0 Å². The lowest BCUT2D eigenvalue weighted by Gasteiger charge is -2.37. The third kappa shape index (κ3) is 5.75. The standard InChI is InChI=1S/C20H25ClN2O2S.ClH/c1-25-14-20(8-10-22-11-9-20)13-23-18(24)12-26-17-7-3-5-15-4-2-6-16(21)19(15)17;/h2-7,22H,8-14H2,1H3,(H,23,24);1H. The van der Waals surface area contributed by atoms with Gasteiger partial charge in [0, 0.05) is 34.4 Å². The Kier molecular flexibility index (Phi) is 8.70. The molecule has 1 heterocycles. The van der Waals surface area contributed by atoms with Gasteiger partial charge in [-0.2, -0.15) is 0 Å². The second-order valence-corrected chi connectivity index (χ2v) is 8.27. The smallest absolute Gasteiger partial charge is 0.230 e. The molecule has 0 spiro atoms. The van der Waals surface area contributed by atoms with Gasteiger partial charge in [-0.3, -0.25) is 4.79 Å². The van der Waals surface area contributed by atoms with E-state index in [0.29, 0.717) is 18.9 Å². The number of carbonyl (C=O) groups excluding carboxylic acids is 1. The number of methoxy groups -OCH3 is 1. The van der Waals surface area contributed by atoms with Crippen molar-refractivity contribution >= 4 is 52.4 Å². The highest BCUT2D eigenvalue weighted by Crippen LogP contribution is 2.33. The molecule has 0 aromatic heterocycles. The van der Waals surface area contributed by atoms with E-state index in [0.717, 1.165) is 46.6 Å². The minimum Gasteiger partial charge on any atom is -0.384 e. The van der Waals surface area contributed by atoms with Crippen molar-refractivity contribution in [3.05, 3.63) is 41.4 Å². The predicted molar refractivity (Wildman–Crippen MR) is 116 cm³/mol. The summed E-state index contributed by atoms with van der Waals surface area (Å²) in [7, 11) is 1.73. The number of hydrogen-bond acceptors (Lipinski definition) is 4. The van der Waals surface area contributed by atoms with Crippen LogP contribution in [0.2, 0.25) is 5.02 Å². The van der Waals surface area contributed by atoms with Gasteiger partial charge >= 0.3 is 0 Å². The van der Waals surface area contributed by atoms with E-state index in [4.69, 9.17) is 16.3 Å². The number of amides is 1. The number of fused-ring (bicyclic) bond motifs is 1. The molecular formula is C20H26Cl2N2O2S. The molecule has 2 aromatic carbocycles. The molecule has 1 aliphatic heterocycles. The Morgan fingerprint density at radius 1 is 1.26 bits per heavy atom. The minimum absolute atomic E-state index is 0. The van der Waals surface area contributed by atoms with Crippen molar-refractivity contribution in [2.75, 3.05) is 39.1 Å². The Balaban J connectivity index is 0.00000261. The highest BCUT2D eigenvalue weighted by molar-refractivity contribution is 8.00. The normalized spacial score (nSPS) is 15.9. The third-order valence-electron chi connectivity index (χ3n) is 4.95. The molecular weight excluding hydrogens is 403 g/mol. The van der Waals surface area contributed by atoms with Crippen LogP contribution in [0.5, 0.6) is 0 Å². The molecule has 2 aromatic rings. The second kappa shape index (κ2) is 10.5. The first kappa shape index (κ1) is 22.3. The van der Waals surface area contributed by atoms with E-state index in [1.165, 1.54) is 11.8 Å². The van der Waals surface area contributed by atoms with E-state index in [1.54, 1.807) is 7.11 Å². The zero-order valence-corrected chi connectivity index (χ0v) is 17.8. The lowest BCUT2D eigenvalue weighted by molar-refractivity contribution is -0.119. The maximum atomic E-state index is 12.4. The molecule has 0 saturated carbocycles. The van der Waals surface area contributed by atoms with E-state index in [1.807, 2.05) is 36.4 Å². The highest BCUT2D eigenvalue weighted by atomic mass is 35.5. The fourth-order valence-corrected chi connectivity index (χ4v) is 4.77. The summed E-state index contributed by atoms with van der Waals surface area (Å²) >= 11 is 7.89. The van der Waals surface area contributed by atoms with Crippen LogP contribution in [0.25, 0.3) is 10.8 Å². The zero-order chi connectivity index (χ0) is 18.4. The van der Waals surface area contributed by atoms with Gasteiger partial charge in [0.2, 0.25) is 5.91 Å². The Morgan fingerprint density at radius 2 is 1.96 bits per heavy atom. The zero-order valence-electron chi connectivity index (χ0n) is 15.4. The summed E-state index contributed by atoms with van der Waals surface area (Å²) in [5, 5.41) is 9.31. The minimum atomic E-state index is 0. The van der Waals surface area contributed by atoms with Crippen LogP contribution in [-0.2, 0) is 9.53 Å².